The molecule has 2 aromatic rings. The number of aromatic amines is 1. The lowest BCUT2D eigenvalue weighted by molar-refractivity contribution is 0.0684. The van der Waals surface area contributed by atoms with Crippen molar-refractivity contribution in [3.63, 3.8) is 0 Å². The van der Waals surface area contributed by atoms with Crippen molar-refractivity contribution < 1.29 is 9.90 Å². The molecule has 0 amide bonds. The van der Waals surface area contributed by atoms with Crippen LogP contribution in [0.25, 0.3) is 5.69 Å². The van der Waals surface area contributed by atoms with Gasteiger partial charge >= 0.3 is 11.7 Å². The van der Waals surface area contributed by atoms with Crippen LogP contribution in [0.5, 0.6) is 0 Å². The minimum absolute atomic E-state index is 0.0384. The van der Waals surface area contributed by atoms with E-state index >= 15 is 0 Å². The van der Waals surface area contributed by atoms with Gasteiger partial charge in [-0.25, -0.2) is 9.59 Å². The highest BCUT2D eigenvalue weighted by Gasteiger charge is 2.19. The third-order valence-corrected chi connectivity index (χ3v) is 3.27. The zero-order valence-corrected chi connectivity index (χ0v) is 11.0. The molecule has 0 fully saturated rings. The Morgan fingerprint density at radius 2 is 1.83 bits per heavy atom. The van der Waals surface area contributed by atoms with Gasteiger partial charge in [0.2, 0.25) is 0 Å². The molecule has 92 valence electrons. The lowest BCUT2D eigenvalue weighted by Gasteiger charge is -2.10. The summed E-state index contributed by atoms with van der Waals surface area (Å²) < 4.78 is 0.925. The molecule has 18 heavy (non-hydrogen) atoms. The van der Waals surface area contributed by atoms with Crippen LogP contribution in [0.1, 0.15) is 10.5 Å². The molecule has 0 aliphatic carbocycles. The van der Waals surface area contributed by atoms with Gasteiger partial charge in [-0.15, -0.1) is 0 Å². The van der Waals surface area contributed by atoms with Crippen LogP contribution in [-0.2, 0) is 0 Å². The van der Waals surface area contributed by atoms with E-state index in [9.17, 15) is 14.4 Å². The second kappa shape index (κ2) is 4.77. The first-order valence-corrected chi connectivity index (χ1v) is 5.94. The van der Waals surface area contributed by atoms with E-state index in [4.69, 9.17) is 5.11 Å². The van der Waals surface area contributed by atoms with Crippen molar-refractivity contribution >= 4 is 28.6 Å². The van der Waals surface area contributed by atoms with Gasteiger partial charge in [0.05, 0.1) is 5.69 Å². The molecule has 0 aliphatic rings. The van der Waals surface area contributed by atoms with Gasteiger partial charge in [-0.1, -0.05) is 18.2 Å². The van der Waals surface area contributed by atoms with E-state index in [1.165, 1.54) is 0 Å². The molecule has 0 spiro atoms. The van der Waals surface area contributed by atoms with Gasteiger partial charge in [-0.3, -0.25) is 14.3 Å². The second-order valence-electron chi connectivity index (χ2n) is 3.40. The first-order valence-electron chi connectivity index (χ1n) is 4.86. The minimum Gasteiger partial charge on any atom is -0.477 e. The second-order valence-corrected chi connectivity index (χ2v) is 4.48. The van der Waals surface area contributed by atoms with Crippen molar-refractivity contribution in [3.8, 4) is 5.69 Å². The molecule has 0 bridgehead atoms. The molecule has 0 aliphatic heterocycles. The number of hydrogen-bond acceptors (Lipinski definition) is 3. The number of nitrogens with one attached hydrogen (secondary N) is 1. The largest absolute Gasteiger partial charge is 0.477 e. The molecule has 0 atom stereocenters. The van der Waals surface area contributed by atoms with Gasteiger partial charge in [-0.2, -0.15) is 0 Å². The fourth-order valence-corrected chi connectivity index (χ4v) is 2.13. The van der Waals surface area contributed by atoms with E-state index in [-0.39, 0.29) is 9.26 Å². The Hall–Kier alpha value is -1.90. The Bertz CT molecular complexity index is 718. The predicted octanol–water partition coefficient (Wildman–Crippen LogP) is 0.829. The number of aromatic nitrogens is 2. The Morgan fingerprint density at radius 1 is 1.22 bits per heavy atom. The topological polar surface area (TPSA) is 92.2 Å². The van der Waals surface area contributed by atoms with Crippen molar-refractivity contribution in [1.82, 2.24) is 9.55 Å². The summed E-state index contributed by atoms with van der Waals surface area (Å²) in [4.78, 5) is 36.5. The number of nitrogens with zero attached hydrogens (tertiary/aromatic N) is 1. The van der Waals surface area contributed by atoms with Crippen LogP contribution in [-0.4, -0.2) is 20.6 Å². The lowest BCUT2D eigenvalue weighted by atomic mass is 10.3. The first-order chi connectivity index (χ1) is 8.52. The molecule has 0 saturated heterocycles. The lowest BCUT2D eigenvalue weighted by Crippen LogP contribution is -2.35. The molecule has 6 nitrogen and oxygen atoms in total. The SMILES string of the molecule is O=C(O)c1c(I)c(=O)[nH]c(=O)n1-c1ccccc1. The van der Waals surface area contributed by atoms with Gasteiger partial charge in [0.25, 0.3) is 5.56 Å². The predicted molar refractivity (Wildman–Crippen MR) is 72.3 cm³/mol. The first kappa shape index (κ1) is 12.6. The summed E-state index contributed by atoms with van der Waals surface area (Å²) in [7, 11) is 0. The standard InChI is InChI=1S/C11H7IN2O4/c12-7-8(10(16)17)14(11(18)13-9(7)15)6-4-2-1-3-5-6/h1-5H,(H,16,17)(H,13,15,18). The number of H-pyrrole nitrogens is 1. The summed E-state index contributed by atoms with van der Waals surface area (Å²) in [5, 5.41) is 9.14. The van der Waals surface area contributed by atoms with Crippen LogP contribution in [0, 0.1) is 3.57 Å². The van der Waals surface area contributed by atoms with Gasteiger partial charge < -0.3 is 5.11 Å². The zero-order valence-electron chi connectivity index (χ0n) is 8.88. The van der Waals surface area contributed by atoms with E-state index in [0.717, 1.165) is 4.57 Å². The maximum atomic E-state index is 11.8. The molecule has 2 N–H and O–H groups in total. The number of carbonyl (C=O) groups is 1. The molecule has 1 aromatic carbocycles. The summed E-state index contributed by atoms with van der Waals surface area (Å²) in [6.07, 6.45) is 0. The Morgan fingerprint density at radius 3 is 2.39 bits per heavy atom. The molecule has 1 aromatic heterocycles. The van der Waals surface area contributed by atoms with Crippen LogP contribution < -0.4 is 11.2 Å². The number of para-hydroxylation sites is 1. The van der Waals surface area contributed by atoms with E-state index in [2.05, 4.69) is 4.98 Å². The number of aromatic carboxylic acids is 1. The number of halogens is 1. The number of benzene rings is 1. The normalized spacial score (nSPS) is 10.3. The number of hydrogen-bond donors (Lipinski definition) is 2. The quantitative estimate of drug-likeness (QED) is 0.778. The highest BCUT2D eigenvalue weighted by Crippen LogP contribution is 2.11. The van der Waals surface area contributed by atoms with Crippen molar-refractivity contribution in [2.24, 2.45) is 0 Å². The van der Waals surface area contributed by atoms with Crippen LogP contribution in [0.15, 0.2) is 39.9 Å². The van der Waals surface area contributed by atoms with Gasteiger partial charge in [0.15, 0.2) is 5.69 Å². The van der Waals surface area contributed by atoms with E-state index in [0.29, 0.717) is 5.69 Å². The number of carboxylic acids is 1. The summed E-state index contributed by atoms with van der Waals surface area (Å²) in [5.74, 6) is -1.33. The minimum atomic E-state index is -1.33. The fourth-order valence-electron chi connectivity index (χ4n) is 1.53. The van der Waals surface area contributed by atoms with E-state index in [1.807, 2.05) is 0 Å². The molecule has 1 heterocycles. The van der Waals surface area contributed by atoms with E-state index < -0.39 is 17.2 Å². The van der Waals surface area contributed by atoms with Crippen LogP contribution in [0.3, 0.4) is 0 Å². The van der Waals surface area contributed by atoms with Crippen molar-refractivity contribution in [1.29, 1.82) is 0 Å². The summed E-state index contributed by atoms with van der Waals surface area (Å²) in [6.45, 7) is 0. The average molecular weight is 358 g/mol. The summed E-state index contributed by atoms with van der Waals surface area (Å²) >= 11 is 1.60. The van der Waals surface area contributed by atoms with E-state index in [1.54, 1.807) is 52.9 Å². The number of carboxylic acid groups (broad SMARTS) is 1. The highest BCUT2D eigenvalue weighted by molar-refractivity contribution is 14.1. The van der Waals surface area contributed by atoms with Crippen molar-refractivity contribution in [2.45, 2.75) is 0 Å². The summed E-state index contributed by atoms with van der Waals surface area (Å²) in [6, 6.07) is 8.26. The Labute approximate surface area is 114 Å². The smallest absolute Gasteiger partial charge is 0.354 e. The molecule has 0 saturated carbocycles. The summed E-state index contributed by atoms with van der Waals surface area (Å²) in [5.41, 5.74) is -1.43. The third kappa shape index (κ3) is 2.08. The molecule has 7 heteroatoms. The molecular formula is C11H7IN2O4. The van der Waals surface area contributed by atoms with Crippen molar-refractivity contribution in [3.05, 3.63) is 60.4 Å². The van der Waals surface area contributed by atoms with Gasteiger partial charge in [0, 0.05) is 0 Å². The van der Waals surface area contributed by atoms with Crippen molar-refractivity contribution in [2.75, 3.05) is 0 Å². The Balaban J connectivity index is 2.91. The van der Waals surface area contributed by atoms with Crippen LogP contribution >= 0.6 is 22.6 Å². The highest BCUT2D eigenvalue weighted by atomic mass is 127. The monoisotopic (exact) mass is 358 g/mol. The molecule has 0 unspecified atom stereocenters. The van der Waals surface area contributed by atoms with Gasteiger partial charge in [0.1, 0.15) is 3.57 Å². The third-order valence-electron chi connectivity index (χ3n) is 2.27. The van der Waals surface area contributed by atoms with Crippen LogP contribution in [0.4, 0.5) is 0 Å². The maximum Gasteiger partial charge on any atom is 0.354 e. The number of rotatable bonds is 2. The molecular weight excluding hydrogens is 351 g/mol. The van der Waals surface area contributed by atoms with Gasteiger partial charge in [-0.05, 0) is 34.7 Å². The molecule has 2 rings (SSSR count). The molecule has 0 radical (unpaired) electrons. The van der Waals surface area contributed by atoms with Crippen LogP contribution in [0.2, 0.25) is 0 Å². The fraction of sp³-hybridized carbons (Fsp3) is 0. The maximum absolute atomic E-state index is 11.8. The average Bonchev–Trinajstić information content (AvgIpc) is 2.34. The Kier molecular flexibility index (Phi) is 3.32. The zero-order chi connectivity index (χ0) is 13.3.